The van der Waals surface area contributed by atoms with Crippen molar-refractivity contribution in [3.8, 4) is 55.8 Å². The van der Waals surface area contributed by atoms with Crippen LogP contribution in [0.1, 0.15) is 5.56 Å². The molecule has 61 heavy (non-hydrogen) atoms. The van der Waals surface area contributed by atoms with Gasteiger partial charge < -0.3 is 9.32 Å². The Kier molecular flexibility index (Phi) is 9.09. The van der Waals surface area contributed by atoms with Crippen LogP contribution < -0.4 is 4.90 Å². The molecule has 0 aliphatic heterocycles. The molecule has 1 aromatic heterocycles. The van der Waals surface area contributed by atoms with E-state index in [0.717, 1.165) is 44.9 Å². The number of furan rings is 1. The van der Waals surface area contributed by atoms with Crippen LogP contribution in [0.3, 0.4) is 0 Å². The van der Waals surface area contributed by atoms with Crippen molar-refractivity contribution in [3.63, 3.8) is 0 Å². The number of hydrogen-bond acceptors (Lipinski definition) is 2. The minimum absolute atomic E-state index is 0.920. The van der Waals surface area contributed by atoms with Gasteiger partial charge >= 0.3 is 0 Å². The van der Waals surface area contributed by atoms with Crippen molar-refractivity contribution < 1.29 is 4.42 Å². The van der Waals surface area contributed by atoms with E-state index >= 15 is 0 Å². The Hall–Kier alpha value is -7.94. The predicted octanol–water partition coefficient (Wildman–Crippen LogP) is 16.9. The van der Waals surface area contributed by atoms with Gasteiger partial charge in [-0.3, -0.25) is 0 Å². The summed E-state index contributed by atoms with van der Waals surface area (Å²) in [7, 11) is 0. The lowest BCUT2D eigenvalue weighted by Crippen LogP contribution is -2.09. The largest absolute Gasteiger partial charge is 0.456 e. The number of anilines is 3. The molecule has 11 aromatic rings. The molecule has 0 aliphatic carbocycles. The maximum absolute atomic E-state index is 6.31. The van der Waals surface area contributed by atoms with Gasteiger partial charge in [-0.25, -0.2) is 0 Å². The molecule has 0 bridgehead atoms. The van der Waals surface area contributed by atoms with Gasteiger partial charge in [0.05, 0.1) is 0 Å². The zero-order valence-corrected chi connectivity index (χ0v) is 33.8. The third-order valence-corrected chi connectivity index (χ3v) is 12.1. The minimum Gasteiger partial charge on any atom is -0.456 e. The maximum atomic E-state index is 6.31. The van der Waals surface area contributed by atoms with Crippen molar-refractivity contribution in [3.05, 3.63) is 236 Å². The summed E-state index contributed by atoms with van der Waals surface area (Å²) in [4.78, 5) is 2.37. The number of benzene rings is 10. The summed E-state index contributed by atoms with van der Waals surface area (Å²) in [6.45, 7) is 2.14. The van der Waals surface area contributed by atoms with Crippen LogP contribution in [0.5, 0.6) is 0 Å². The molecule has 0 saturated heterocycles. The fourth-order valence-corrected chi connectivity index (χ4v) is 8.93. The highest BCUT2D eigenvalue weighted by Gasteiger charge is 2.17. The van der Waals surface area contributed by atoms with E-state index in [-0.39, 0.29) is 0 Å². The van der Waals surface area contributed by atoms with Crippen LogP contribution in [0, 0.1) is 6.92 Å². The highest BCUT2D eigenvalue weighted by molar-refractivity contribution is 6.08. The smallest absolute Gasteiger partial charge is 0.138 e. The zero-order chi connectivity index (χ0) is 40.7. The molecule has 0 amide bonds. The van der Waals surface area contributed by atoms with Crippen molar-refractivity contribution in [1.29, 1.82) is 0 Å². The molecule has 1 heterocycles. The molecule has 0 saturated carbocycles. The average Bonchev–Trinajstić information content (AvgIpc) is 3.68. The summed E-state index contributed by atoms with van der Waals surface area (Å²) in [5.74, 6) is 0.926. The van der Waals surface area contributed by atoms with E-state index in [4.69, 9.17) is 4.42 Å². The first-order valence-electron chi connectivity index (χ1n) is 20.9. The number of para-hydroxylation sites is 1. The highest BCUT2D eigenvalue weighted by atomic mass is 16.3. The predicted molar refractivity (Wildman–Crippen MR) is 258 cm³/mol. The lowest BCUT2D eigenvalue weighted by atomic mass is 9.94. The first kappa shape index (κ1) is 36.2. The molecule has 0 N–H and O–H groups in total. The second-order valence-electron chi connectivity index (χ2n) is 15.7. The van der Waals surface area contributed by atoms with Crippen molar-refractivity contribution in [1.82, 2.24) is 0 Å². The Morgan fingerprint density at radius 1 is 0.311 bits per heavy atom. The Morgan fingerprint density at radius 3 is 1.51 bits per heavy atom. The fourth-order valence-electron chi connectivity index (χ4n) is 8.93. The second kappa shape index (κ2) is 15.3. The van der Waals surface area contributed by atoms with Gasteiger partial charge in [0, 0.05) is 33.6 Å². The molecule has 0 spiro atoms. The number of nitrogens with zero attached hydrogens (tertiary/aromatic N) is 1. The Balaban J connectivity index is 0.928. The lowest BCUT2D eigenvalue weighted by Gasteiger charge is -2.26. The fraction of sp³-hybridized carbons (Fsp3) is 0.0169. The van der Waals surface area contributed by atoms with Crippen molar-refractivity contribution in [2.45, 2.75) is 6.92 Å². The van der Waals surface area contributed by atoms with Crippen LogP contribution in [0.25, 0.3) is 88.3 Å². The van der Waals surface area contributed by atoms with Crippen LogP contribution in [0.2, 0.25) is 0 Å². The first-order chi connectivity index (χ1) is 30.1. The van der Waals surface area contributed by atoms with Gasteiger partial charge in [-0.2, -0.15) is 0 Å². The Labute approximate surface area is 356 Å². The van der Waals surface area contributed by atoms with Crippen LogP contribution in [0.4, 0.5) is 17.1 Å². The second-order valence-corrected chi connectivity index (χ2v) is 15.7. The number of aryl methyl sites for hydroxylation is 1. The van der Waals surface area contributed by atoms with Crippen molar-refractivity contribution >= 4 is 49.6 Å². The SMILES string of the molecule is Cc1c(-c2cccc(-c3ccc(-c4ccc(N(c5ccc(-c6ccccc6-c6ccccc6)cc5)c5ccc6c(ccc7ccccc76)c5)cc4)cc3)c2)oc2ccccc12. The quantitative estimate of drug-likeness (QED) is 0.143. The summed E-state index contributed by atoms with van der Waals surface area (Å²) in [5.41, 5.74) is 16.0. The highest BCUT2D eigenvalue weighted by Crippen LogP contribution is 2.41. The molecule has 2 heteroatoms. The molecule has 11 rings (SSSR count). The monoisotopic (exact) mass is 779 g/mol. The molecular formula is C59H41NO. The van der Waals surface area contributed by atoms with Gasteiger partial charge in [0.1, 0.15) is 11.3 Å². The summed E-state index contributed by atoms with van der Waals surface area (Å²) < 4.78 is 6.31. The maximum Gasteiger partial charge on any atom is 0.138 e. The van der Waals surface area contributed by atoms with E-state index in [9.17, 15) is 0 Å². The van der Waals surface area contributed by atoms with E-state index in [0.29, 0.717) is 0 Å². The third-order valence-electron chi connectivity index (χ3n) is 12.1. The van der Waals surface area contributed by atoms with Crippen LogP contribution in [-0.2, 0) is 0 Å². The van der Waals surface area contributed by atoms with Crippen molar-refractivity contribution in [2.75, 3.05) is 4.90 Å². The van der Waals surface area contributed by atoms with Gasteiger partial charge in [-0.15, -0.1) is 0 Å². The standard InChI is InChI=1S/C59H41NO/c1-40-53-17-9-10-21-58(53)61-59(40)49-16-11-15-47(38-49)43-24-22-41(23-25-43)42-28-32-50(33-29-42)60(52-36-37-57-48(39-52)27-26-45-14-5-6-18-55(45)57)51-34-30-46(31-35-51)56-20-8-7-19-54(56)44-12-3-2-4-13-44/h2-39H,1H3. The first-order valence-corrected chi connectivity index (χ1v) is 20.9. The zero-order valence-electron chi connectivity index (χ0n) is 33.8. The van der Waals surface area contributed by atoms with Crippen LogP contribution >= 0.6 is 0 Å². The van der Waals surface area contributed by atoms with Gasteiger partial charge in [0.25, 0.3) is 0 Å². The van der Waals surface area contributed by atoms with Crippen LogP contribution in [0.15, 0.2) is 235 Å². The van der Waals surface area contributed by atoms with Crippen LogP contribution in [-0.4, -0.2) is 0 Å². The molecule has 0 aliphatic rings. The molecular weight excluding hydrogens is 739 g/mol. The molecule has 0 fully saturated rings. The molecule has 10 aromatic carbocycles. The molecule has 2 nitrogen and oxygen atoms in total. The minimum atomic E-state index is 0.920. The summed E-state index contributed by atoms with van der Waals surface area (Å²) >= 11 is 0. The Bertz CT molecular complexity index is 3340. The van der Waals surface area contributed by atoms with E-state index in [1.54, 1.807) is 0 Å². The number of hydrogen-bond donors (Lipinski definition) is 0. The number of fused-ring (bicyclic) bond motifs is 4. The van der Waals surface area contributed by atoms with E-state index < -0.39 is 0 Å². The molecule has 0 unspecified atom stereocenters. The summed E-state index contributed by atoms with van der Waals surface area (Å²) in [5, 5.41) is 6.14. The normalized spacial score (nSPS) is 11.4. The molecule has 288 valence electrons. The van der Waals surface area contributed by atoms with E-state index in [1.807, 2.05) is 12.1 Å². The summed E-state index contributed by atoms with van der Waals surface area (Å²) in [6, 6.07) is 83.0. The lowest BCUT2D eigenvalue weighted by molar-refractivity contribution is 0.629. The molecule has 0 atom stereocenters. The third kappa shape index (κ3) is 6.75. The van der Waals surface area contributed by atoms with Gasteiger partial charge in [-0.1, -0.05) is 182 Å². The van der Waals surface area contributed by atoms with E-state index in [2.05, 4.69) is 230 Å². The van der Waals surface area contributed by atoms with Gasteiger partial charge in [0.2, 0.25) is 0 Å². The van der Waals surface area contributed by atoms with Gasteiger partial charge in [0.15, 0.2) is 0 Å². The van der Waals surface area contributed by atoms with Crippen molar-refractivity contribution in [2.24, 2.45) is 0 Å². The Morgan fingerprint density at radius 2 is 0.803 bits per heavy atom. The van der Waals surface area contributed by atoms with E-state index in [1.165, 1.54) is 66.1 Å². The summed E-state index contributed by atoms with van der Waals surface area (Å²) in [6.07, 6.45) is 0. The molecule has 0 radical (unpaired) electrons. The van der Waals surface area contributed by atoms with Gasteiger partial charge in [-0.05, 0) is 122 Å². The topological polar surface area (TPSA) is 16.4 Å². The number of rotatable bonds is 8. The average molecular weight is 780 g/mol.